The molecule has 2 aromatic carbocycles. The summed E-state index contributed by atoms with van der Waals surface area (Å²) in [5.41, 5.74) is 6.47. The molecule has 0 radical (unpaired) electrons. The van der Waals surface area contributed by atoms with Gasteiger partial charge >= 0.3 is 0 Å². The highest BCUT2D eigenvalue weighted by Gasteiger charge is 2.14. The Labute approximate surface area is 144 Å². The molecule has 1 unspecified atom stereocenters. The van der Waals surface area contributed by atoms with Crippen LogP contribution in [0.3, 0.4) is 0 Å². The highest BCUT2D eigenvalue weighted by molar-refractivity contribution is 7.13. The van der Waals surface area contributed by atoms with Gasteiger partial charge in [0.25, 0.3) is 5.91 Å². The van der Waals surface area contributed by atoms with Gasteiger partial charge in [-0.05, 0) is 29.8 Å². The number of amides is 1. The molecular formula is C18H19N3O2S. The molecular weight excluding hydrogens is 322 g/mol. The van der Waals surface area contributed by atoms with Crippen LogP contribution in [0.15, 0.2) is 47.8 Å². The lowest BCUT2D eigenvalue weighted by molar-refractivity contribution is -0.127. The number of nitrogen functional groups attached to an aromatic ring is 1. The number of nitrogens with zero attached hydrogens (tertiary/aromatic N) is 1. The zero-order valence-corrected chi connectivity index (χ0v) is 14.2. The maximum atomic E-state index is 12.1. The van der Waals surface area contributed by atoms with Crippen LogP contribution in [0.1, 0.15) is 12.6 Å². The van der Waals surface area contributed by atoms with E-state index < -0.39 is 6.10 Å². The van der Waals surface area contributed by atoms with Gasteiger partial charge in [-0.1, -0.05) is 30.3 Å². The second-order valence-corrected chi connectivity index (χ2v) is 6.38. The predicted octanol–water partition coefficient (Wildman–Crippen LogP) is 3.00. The first-order chi connectivity index (χ1) is 11.6. The van der Waals surface area contributed by atoms with E-state index in [1.54, 1.807) is 6.92 Å². The highest BCUT2D eigenvalue weighted by Crippen LogP contribution is 2.21. The normalized spacial score (nSPS) is 12.0. The highest BCUT2D eigenvalue weighted by atomic mass is 32.1. The lowest BCUT2D eigenvalue weighted by Gasteiger charge is -2.15. The number of aromatic nitrogens is 1. The average Bonchev–Trinajstić information content (AvgIpc) is 3.00. The molecule has 0 aliphatic heterocycles. The molecule has 24 heavy (non-hydrogen) atoms. The summed E-state index contributed by atoms with van der Waals surface area (Å²) in [5, 5.41) is 7.53. The monoisotopic (exact) mass is 341 g/mol. The number of ether oxygens (including phenoxy) is 1. The summed E-state index contributed by atoms with van der Waals surface area (Å²) >= 11 is 1.40. The van der Waals surface area contributed by atoms with E-state index in [0.29, 0.717) is 23.8 Å². The molecule has 0 aliphatic rings. The predicted molar refractivity (Wildman–Crippen MR) is 97.3 cm³/mol. The minimum absolute atomic E-state index is 0.147. The van der Waals surface area contributed by atoms with E-state index in [2.05, 4.69) is 10.3 Å². The van der Waals surface area contributed by atoms with Crippen molar-refractivity contribution in [1.82, 2.24) is 10.3 Å². The molecule has 124 valence electrons. The number of carbonyl (C=O) groups is 1. The first kappa shape index (κ1) is 16.3. The Kier molecular flexibility index (Phi) is 4.96. The lowest BCUT2D eigenvalue weighted by Crippen LogP contribution is -2.37. The van der Waals surface area contributed by atoms with Crippen molar-refractivity contribution < 1.29 is 9.53 Å². The Morgan fingerprint density at radius 2 is 2.08 bits per heavy atom. The topological polar surface area (TPSA) is 77.2 Å². The van der Waals surface area contributed by atoms with Crippen LogP contribution in [0, 0.1) is 0 Å². The molecule has 0 saturated carbocycles. The summed E-state index contributed by atoms with van der Waals surface area (Å²) in [6.45, 7) is 2.25. The SMILES string of the molecule is CC(Oc1ccc2ccccc2c1)C(=O)NCCc1csc(N)n1. The van der Waals surface area contributed by atoms with Gasteiger partial charge in [-0.2, -0.15) is 0 Å². The number of rotatable bonds is 6. The van der Waals surface area contributed by atoms with Crippen LogP contribution >= 0.6 is 11.3 Å². The fraction of sp³-hybridized carbons (Fsp3) is 0.222. The molecule has 3 aromatic rings. The number of hydrogen-bond acceptors (Lipinski definition) is 5. The molecule has 3 rings (SSSR count). The zero-order valence-electron chi connectivity index (χ0n) is 13.4. The Bertz CT molecular complexity index is 847. The molecule has 0 aliphatic carbocycles. The van der Waals surface area contributed by atoms with Crippen LogP contribution in [-0.2, 0) is 11.2 Å². The van der Waals surface area contributed by atoms with Crippen molar-refractivity contribution in [2.24, 2.45) is 0 Å². The third kappa shape index (κ3) is 4.02. The zero-order chi connectivity index (χ0) is 16.9. The minimum atomic E-state index is -0.563. The van der Waals surface area contributed by atoms with Crippen molar-refractivity contribution in [1.29, 1.82) is 0 Å². The summed E-state index contributed by atoms with van der Waals surface area (Å²) in [6, 6.07) is 13.8. The standard InChI is InChI=1S/C18H19N3O2S/c1-12(17(22)20-9-8-15-11-24-18(19)21-15)23-16-7-6-13-4-2-3-5-14(13)10-16/h2-7,10-12H,8-9H2,1H3,(H2,19,21)(H,20,22). The van der Waals surface area contributed by atoms with Gasteiger partial charge in [0.15, 0.2) is 11.2 Å². The molecule has 1 aromatic heterocycles. The molecule has 1 atom stereocenters. The maximum absolute atomic E-state index is 12.1. The van der Waals surface area contributed by atoms with Crippen molar-refractivity contribution in [3.05, 3.63) is 53.5 Å². The van der Waals surface area contributed by atoms with E-state index in [0.717, 1.165) is 16.5 Å². The molecule has 5 nitrogen and oxygen atoms in total. The van der Waals surface area contributed by atoms with Crippen LogP contribution < -0.4 is 15.8 Å². The van der Waals surface area contributed by atoms with Crippen molar-refractivity contribution >= 4 is 33.1 Å². The Hall–Kier alpha value is -2.60. The van der Waals surface area contributed by atoms with Crippen LogP contribution in [0.25, 0.3) is 10.8 Å². The molecule has 0 fully saturated rings. The Balaban J connectivity index is 1.53. The van der Waals surface area contributed by atoms with Crippen LogP contribution in [0.4, 0.5) is 5.13 Å². The van der Waals surface area contributed by atoms with E-state index in [1.807, 2.05) is 47.8 Å². The maximum Gasteiger partial charge on any atom is 0.260 e. The molecule has 0 bridgehead atoms. The van der Waals surface area contributed by atoms with Gasteiger partial charge in [0.1, 0.15) is 5.75 Å². The fourth-order valence-corrected chi connectivity index (χ4v) is 2.99. The van der Waals surface area contributed by atoms with Crippen molar-refractivity contribution in [3.63, 3.8) is 0 Å². The molecule has 6 heteroatoms. The summed E-state index contributed by atoms with van der Waals surface area (Å²) in [6.07, 6.45) is 0.0916. The summed E-state index contributed by atoms with van der Waals surface area (Å²) in [7, 11) is 0. The molecule has 1 heterocycles. The van der Waals surface area contributed by atoms with Crippen molar-refractivity contribution in [2.75, 3.05) is 12.3 Å². The number of benzene rings is 2. The number of nitrogens with two attached hydrogens (primary N) is 1. The van der Waals surface area contributed by atoms with E-state index in [1.165, 1.54) is 11.3 Å². The fourth-order valence-electron chi connectivity index (χ4n) is 2.39. The van der Waals surface area contributed by atoms with E-state index in [9.17, 15) is 4.79 Å². The van der Waals surface area contributed by atoms with Gasteiger partial charge < -0.3 is 15.8 Å². The second-order valence-electron chi connectivity index (χ2n) is 5.49. The smallest absolute Gasteiger partial charge is 0.260 e. The summed E-state index contributed by atoms with van der Waals surface area (Å²) in [4.78, 5) is 16.3. The number of thiazole rings is 1. The largest absolute Gasteiger partial charge is 0.481 e. The average molecular weight is 341 g/mol. The lowest BCUT2D eigenvalue weighted by atomic mass is 10.1. The second kappa shape index (κ2) is 7.31. The Morgan fingerprint density at radius 1 is 1.29 bits per heavy atom. The van der Waals surface area contributed by atoms with Crippen molar-refractivity contribution in [3.8, 4) is 5.75 Å². The van der Waals surface area contributed by atoms with Crippen molar-refractivity contribution in [2.45, 2.75) is 19.4 Å². The number of nitrogens with one attached hydrogen (secondary N) is 1. The van der Waals surface area contributed by atoms with E-state index >= 15 is 0 Å². The molecule has 0 spiro atoms. The number of hydrogen-bond donors (Lipinski definition) is 2. The molecule has 0 saturated heterocycles. The number of carbonyl (C=O) groups excluding carboxylic acids is 1. The van der Waals surface area contributed by atoms with Gasteiger partial charge in [-0.15, -0.1) is 11.3 Å². The van der Waals surface area contributed by atoms with Crippen LogP contribution in [0.2, 0.25) is 0 Å². The molecule has 1 amide bonds. The number of anilines is 1. The van der Waals surface area contributed by atoms with Gasteiger partial charge in [-0.25, -0.2) is 4.98 Å². The van der Waals surface area contributed by atoms with Gasteiger partial charge in [0, 0.05) is 18.3 Å². The van der Waals surface area contributed by atoms with Gasteiger partial charge in [-0.3, -0.25) is 4.79 Å². The van der Waals surface area contributed by atoms with Crippen LogP contribution in [0.5, 0.6) is 5.75 Å². The molecule has 3 N–H and O–H groups in total. The first-order valence-electron chi connectivity index (χ1n) is 7.75. The first-order valence-corrected chi connectivity index (χ1v) is 8.63. The van der Waals surface area contributed by atoms with E-state index in [-0.39, 0.29) is 5.91 Å². The third-order valence-corrected chi connectivity index (χ3v) is 4.38. The van der Waals surface area contributed by atoms with Gasteiger partial charge in [0.05, 0.1) is 5.69 Å². The quantitative estimate of drug-likeness (QED) is 0.722. The summed E-state index contributed by atoms with van der Waals surface area (Å²) < 4.78 is 5.75. The summed E-state index contributed by atoms with van der Waals surface area (Å²) in [5.74, 6) is 0.537. The van der Waals surface area contributed by atoms with Crippen LogP contribution in [-0.4, -0.2) is 23.5 Å². The number of fused-ring (bicyclic) bond motifs is 1. The third-order valence-electron chi connectivity index (χ3n) is 3.65. The minimum Gasteiger partial charge on any atom is -0.481 e. The van der Waals surface area contributed by atoms with Gasteiger partial charge in [0.2, 0.25) is 0 Å². The van der Waals surface area contributed by atoms with E-state index in [4.69, 9.17) is 10.5 Å². The Morgan fingerprint density at radius 3 is 2.83 bits per heavy atom.